The van der Waals surface area contributed by atoms with Crippen molar-refractivity contribution in [3.63, 3.8) is 0 Å². The molecule has 0 unspecified atom stereocenters. The molecule has 1 aliphatic rings. The fraction of sp³-hybridized carbons (Fsp3) is 1.00. The normalized spacial score (nSPS) is 32.1. The first-order valence-electron chi connectivity index (χ1n) is 5.90. The van der Waals surface area contributed by atoms with Gasteiger partial charge in [-0.15, -0.1) is 0 Å². The SMILES string of the molecule is CCCCCC[C@]1(CC)C[C@H]1CO. The molecule has 0 aromatic heterocycles. The number of rotatable bonds is 7. The van der Waals surface area contributed by atoms with Gasteiger partial charge in [0.1, 0.15) is 0 Å². The molecule has 1 heteroatoms. The second-order valence-electron chi connectivity index (χ2n) is 4.61. The summed E-state index contributed by atoms with van der Waals surface area (Å²) in [5, 5.41) is 9.08. The minimum Gasteiger partial charge on any atom is -0.396 e. The van der Waals surface area contributed by atoms with E-state index in [1.807, 2.05) is 0 Å². The molecule has 0 amide bonds. The van der Waals surface area contributed by atoms with Gasteiger partial charge in [-0.05, 0) is 24.2 Å². The molecule has 0 bridgehead atoms. The van der Waals surface area contributed by atoms with Crippen molar-refractivity contribution in [1.82, 2.24) is 0 Å². The molecule has 13 heavy (non-hydrogen) atoms. The van der Waals surface area contributed by atoms with E-state index in [0.29, 0.717) is 17.9 Å². The Balaban J connectivity index is 2.12. The van der Waals surface area contributed by atoms with Gasteiger partial charge in [0, 0.05) is 6.61 Å². The van der Waals surface area contributed by atoms with E-state index in [1.165, 1.54) is 44.9 Å². The van der Waals surface area contributed by atoms with Crippen LogP contribution in [0.1, 0.15) is 58.8 Å². The van der Waals surface area contributed by atoms with Crippen molar-refractivity contribution in [3.05, 3.63) is 0 Å². The molecular weight excluding hydrogens is 160 g/mol. The van der Waals surface area contributed by atoms with E-state index >= 15 is 0 Å². The first kappa shape index (κ1) is 11.0. The highest BCUT2D eigenvalue weighted by Gasteiger charge is 2.50. The van der Waals surface area contributed by atoms with Crippen LogP contribution in [0.2, 0.25) is 0 Å². The molecule has 1 aliphatic carbocycles. The third-order valence-corrected chi connectivity index (χ3v) is 3.81. The lowest BCUT2D eigenvalue weighted by Crippen LogP contribution is -2.05. The van der Waals surface area contributed by atoms with Crippen molar-refractivity contribution in [1.29, 1.82) is 0 Å². The minimum atomic E-state index is 0.418. The van der Waals surface area contributed by atoms with Gasteiger partial charge in [0.05, 0.1) is 0 Å². The van der Waals surface area contributed by atoms with Crippen LogP contribution in [0.25, 0.3) is 0 Å². The van der Waals surface area contributed by atoms with Crippen molar-refractivity contribution >= 4 is 0 Å². The molecule has 78 valence electrons. The number of hydrogen-bond acceptors (Lipinski definition) is 1. The van der Waals surface area contributed by atoms with Gasteiger partial charge >= 0.3 is 0 Å². The second kappa shape index (κ2) is 4.99. The van der Waals surface area contributed by atoms with Gasteiger partial charge in [-0.25, -0.2) is 0 Å². The predicted molar refractivity (Wildman–Crippen MR) is 56.7 cm³/mol. The molecular formula is C12H24O. The molecule has 1 fully saturated rings. The fourth-order valence-electron chi connectivity index (χ4n) is 2.51. The Morgan fingerprint density at radius 2 is 2.00 bits per heavy atom. The summed E-state index contributed by atoms with van der Waals surface area (Å²) in [5.41, 5.74) is 0.558. The largest absolute Gasteiger partial charge is 0.396 e. The maximum Gasteiger partial charge on any atom is 0.0464 e. The van der Waals surface area contributed by atoms with Gasteiger partial charge in [0.15, 0.2) is 0 Å². The molecule has 1 saturated carbocycles. The Morgan fingerprint density at radius 1 is 1.23 bits per heavy atom. The van der Waals surface area contributed by atoms with Gasteiger partial charge in [0.25, 0.3) is 0 Å². The third kappa shape index (κ3) is 2.70. The van der Waals surface area contributed by atoms with Crippen LogP contribution in [0.3, 0.4) is 0 Å². The van der Waals surface area contributed by atoms with Crippen molar-refractivity contribution in [2.24, 2.45) is 11.3 Å². The van der Waals surface area contributed by atoms with E-state index in [1.54, 1.807) is 0 Å². The summed E-state index contributed by atoms with van der Waals surface area (Å²) in [7, 11) is 0. The van der Waals surface area contributed by atoms with E-state index < -0.39 is 0 Å². The van der Waals surface area contributed by atoms with Gasteiger partial charge in [-0.2, -0.15) is 0 Å². The van der Waals surface area contributed by atoms with Gasteiger partial charge in [0.2, 0.25) is 0 Å². The van der Waals surface area contributed by atoms with Crippen molar-refractivity contribution in [3.8, 4) is 0 Å². The topological polar surface area (TPSA) is 20.2 Å². The van der Waals surface area contributed by atoms with Gasteiger partial charge in [-0.1, -0.05) is 46.0 Å². The number of aliphatic hydroxyl groups excluding tert-OH is 1. The van der Waals surface area contributed by atoms with Crippen molar-refractivity contribution < 1.29 is 5.11 Å². The summed E-state index contributed by atoms with van der Waals surface area (Å²) in [6.07, 6.45) is 9.37. The van der Waals surface area contributed by atoms with Crippen LogP contribution in [0.4, 0.5) is 0 Å². The standard InChI is InChI=1S/C12H24O/c1-3-5-6-7-8-12(4-2)9-11(12)10-13/h11,13H,3-10H2,1-2H3/t11-,12+/m0/s1. The molecule has 0 radical (unpaired) electrons. The molecule has 2 atom stereocenters. The summed E-state index contributed by atoms with van der Waals surface area (Å²) in [5.74, 6) is 0.638. The summed E-state index contributed by atoms with van der Waals surface area (Å²) >= 11 is 0. The lowest BCUT2D eigenvalue weighted by molar-refractivity contribution is 0.239. The van der Waals surface area contributed by atoms with Crippen molar-refractivity contribution in [2.75, 3.05) is 6.61 Å². The van der Waals surface area contributed by atoms with E-state index in [2.05, 4.69) is 13.8 Å². The predicted octanol–water partition coefficient (Wildman–Crippen LogP) is 3.37. The summed E-state index contributed by atoms with van der Waals surface area (Å²) in [6.45, 7) is 4.94. The quantitative estimate of drug-likeness (QED) is 0.601. The van der Waals surface area contributed by atoms with E-state index in [-0.39, 0.29) is 0 Å². The van der Waals surface area contributed by atoms with E-state index in [4.69, 9.17) is 5.11 Å². The van der Waals surface area contributed by atoms with Crippen LogP contribution in [-0.4, -0.2) is 11.7 Å². The first-order chi connectivity index (χ1) is 6.29. The van der Waals surface area contributed by atoms with Crippen LogP contribution in [-0.2, 0) is 0 Å². The maximum atomic E-state index is 9.08. The summed E-state index contributed by atoms with van der Waals surface area (Å²) in [6, 6.07) is 0. The molecule has 0 heterocycles. The van der Waals surface area contributed by atoms with Crippen molar-refractivity contribution in [2.45, 2.75) is 58.8 Å². The summed E-state index contributed by atoms with van der Waals surface area (Å²) in [4.78, 5) is 0. The number of aliphatic hydroxyl groups is 1. The molecule has 1 rings (SSSR count). The van der Waals surface area contributed by atoms with Crippen LogP contribution >= 0.6 is 0 Å². The highest BCUT2D eigenvalue weighted by molar-refractivity contribution is 5.00. The Bertz CT molecular complexity index is 144. The van der Waals surface area contributed by atoms with Crippen LogP contribution in [0.15, 0.2) is 0 Å². The van der Waals surface area contributed by atoms with Gasteiger partial charge in [-0.3, -0.25) is 0 Å². The van der Waals surface area contributed by atoms with Crippen LogP contribution in [0.5, 0.6) is 0 Å². The second-order valence-corrected chi connectivity index (χ2v) is 4.61. The van der Waals surface area contributed by atoms with Crippen LogP contribution < -0.4 is 0 Å². The maximum absolute atomic E-state index is 9.08. The Kier molecular flexibility index (Phi) is 4.24. The Labute approximate surface area is 82.5 Å². The minimum absolute atomic E-state index is 0.418. The zero-order chi connectivity index (χ0) is 9.73. The number of hydrogen-bond donors (Lipinski definition) is 1. The van der Waals surface area contributed by atoms with E-state index in [9.17, 15) is 0 Å². The molecule has 0 aromatic carbocycles. The van der Waals surface area contributed by atoms with E-state index in [0.717, 1.165) is 0 Å². The van der Waals surface area contributed by atoms with Crippen LogP contribution in [0, 0.1) is 11.3 Å². The average molecular weight is 184 g/mol. The monoisotopic (exact) mass is 184 g/mol. The smallest absolute Gasteiger partial charge is 0.0464 e. The molecule has 1 nitrogen and oxygen atoms in total. The Hall–Kier alpha value is -0.0400. The molecule has 0 saturated heterocycles. The third-order valence-electron chi connectivity index (χ3n) is 3.81. The number of unbranched alkanes of at least 4 members (excludes halogenated alkanes) is 3. The zero-order valence-electron chi connectivity index (χ0n) is 9.18. The molecule has 1 N–H and O–H groups in total. The zero-order valence-corrected chi connectivity index (χ0v) is 9.18. The average Bonchev–Trinajstić information content (AvgIpc) is 2.87. The molecule has 0 aromatic rings. The molecule has 0 spiro atoms. The highest BCUT2D eigenvalue weighted by atomic mass is 16.3. The first-order valence-corrected chi connectivity index (χ1v) is 5.90. The van der Waals surface area contributed by atoms with Gasteiger partial charge < -0.3 is 5.11 Å². The fourth-order valence-corrected chi connectivity index (χ4v) is 2.51. The molecule has 0 aliphatic heterocycles. The lowest BCUT2D eigenvalue weighted by Gasteiger charge is -2.13. The lowest BCUT2D eigenvalue weighted by atomic mass is 9.93. The highest BCUT2D eigenvalue weighted by Crippen LogP contribution is 2.58. The Morgan fingerprint density at radius 3 is 2.46 bits per heavy atom. The summed E-state index contributed by atoms with van der Waals surface area (Å²) < 4.78 is 0.